The van der Waals surface area contributed by atoms with Crippen LogP contribution in [0.15, 0.2) is 23.4 Å². The molecule has 1 aliphatic heterocycles. The van der Waals surface area contributed by atoms with Crippen LogP contribution in [0, 0.1) is 0 Å². The quantitative estimate of drug-likeness (QED) is 0.325. The smallest absolute Gasteiger partial charge is 0.170 e. The van der Waals surface area contributed by atoms with Crippen molar-refractivity contribution in [2.75, 3.05) is 33.3 Å². The molecule has 0 spiro atoms. The van der Waals surface area contributed by atoms with Gasteiger partial charge in [-0.1, -0.05) is 28.9 Å². The van der Waals surface area contributed by atoms with E-state index in [-0.39, 0.29) is 11.9 Å². The number of oxime groups is 1. The van der Waals surface area contributed by atoms with Crippen LogP contribution in [0.3, 0.4) is 0 Å². The Balaban J connectivity index is 1.86. The van der Waals surface area contributed by atoms with Crippen LogP contribution in [0.4, 0.5) is 0 Å². The Hall–Kier alpha value is -1.34. The average Bonchev–Trinajstić information content (AvgIpc) is 2.48. The molecule has 0 amide bonds. The van der Waals surface area contributed by atoms with Gasteiger partial charge in [0.25, 0.3) is 0 Å². The minimum atomic E-state index is 0.0510. The van der Waals surface area contributed by atoms with Crippen LogP contribution >= 0.6 is 11.6 Å². The van der Waals surface area contributed by atoms with Gasteiger partial charge in [0.1, 0.15) is 0 Å². The molecule has 1 saturated heterocycles. The van der Waals surface area contributed by atoms with Gasteiger partial charge in [-0.25, -0.2) is 0 Å². The van der Waals surface area contributed by atoms with Gasteiger partial charge in [0.15, 0.2) is 5.84 Å². The summed E-state index contributed by atoms with van der Waals surface area (Å²) in [4.78, 5) is 2.26. The minimum absolute atomic E-state index is 0.0510. The molecule has 0 aromatic heterocycles. The van der Waals surface area contributed by atoms with Crippen LogP contribution < -0.4 is 11.1 Å². The maximum Gasteiger partial charge on any atom is 0.170 e. The number of morpholine rings is 1. The monoisotopic (exact) mass is 312 g/mol. The van der Waals surface area contributed by atoms with E-state index in [9.17, 15) is 0 Å². The van der Waals surface area contributed by atoms with Gasteiger partial charge in [-0.3, -0.25) is 0 Å². The van der Waals surface area contributed by atoms with E-state index >= 15 is 0 Å². The summed E-state index contributed by atoms with van der Waals surface area (Å²) in [6.45, 7) is 4.13. The summed E-state index contributed by atoms with van der Waals surface area (Å²) in [6, 6.07) is 5.35. The number of nitrogens with zero attached hydrogens (tertiary/aromatic N) is 2. The van der Waals surface area contributed by atoms with Gasteiger partial charge >= 0.3 is 0 Å². The minimum Gasteiger partial charge on any atom is -0.409 e. The molecule has 0 bridgehead atoms. The third kappa shape index (κ3) is 4.57. The number of ether oxygens (including phenoxy) is 1. The zero-order valence-electron chi connectivity index (χ0n) is 12.1. The topological polar surface area (TPSA) is 83.1 Å². The predicted octanol–water partition coefficient (Wildman–Crippen LogP) is 0.855. The molecule has 1 aromatic rings. The molecule has 1 fully saturated rings. The first-order valence-electron chi connectivity index (χ1n) is 6.87. The molecule has 7 heteroatoms. The van der Waals surface area contributed by atoms with Gasteiger partial charge in [0, 0.05) is 36.8 Å². The number of amidine groups is 1. The lowest BCUT2D eigenvalue weighted by atomic mass is 10.1. The highest BCUT2D eigenvalue weighted by Crippen LogP contribution is 2.18. The third-order valence-corrected chi connectivity index (χ3v) is 3.84. The van der Waals surface area contributed by atoms with E-state index in [1.165, 1.54) is 0 Å². The Labute approximate surface area is 129 Å². The van der Waals surface area contributed by atoms with E-state index in [1.807, 2.05) is 6.07 Å². The number of nitrogens with one attached hydrogen (secondary N) is 1. The third-order valence-electron chi connectivity index (χ3n) is 3.49. The van der Waals surface area contributed by atoms with E-state index in [4.69, 9.17) is 27.3 Å². The summed E-state index contributed by atoms with van der Waals surface area (Å²) in [5, 5.41) is 15.5. The fourth-order valence-electron chi connectivity index (χ4n) is 2.27. The predicted molar refractivity (Wildman–Crippen MR) is 82.9 cm³/mol. The van der Waals surface area contributed by atoms with Crippen molar-refractivity contribution < 1.29 is 9.94 Å². The average molecular weight is 313 g/mol. The van der Waals surface area contributed by atoms with E-state index in [0.717, 1.165) is 31.8 Å². The van der Waals surface area contributed by atoms with Crippen molar-refractivity contribution in [2.24, 2.45) is 10.9 Å². The second-order valence-corrected chi connectivity index (χ2v) is 5.58. The molecule has 4 N–H and O–H groups in total. The number of likely N-dealkylation sites (N-methyl/N-ethyl adjacent to an activating group) is 1. The maximum absolute atomic E-state index is 8.65. The molecule has 1 atom stereocenters. The molecule has 21 heavy (non-hydrogen) atoms. The first kappa shape index (κ1) is 16.0. The van der Waals surface area contributed by atoms with E-state index in [1.54, 1.807) is 12.1 Å². The van der Waals surface area contributed by atoms with Crippen molar-refractivity contribution in [3.8, 4) is 0 Å². The molecule has 0 radical (unpaired) electrons. The van der Waals surface area contributed by atoms with Gasteiger partial charge in [0.2, 0.25) is 0 Å². The van der Waals surface area contributed by atoms with Crippen molar-refractivity contribution >= 4 is 17.4 Å². The van der Waals surface area contributed by atoms with Gasteiger partial charge in [0.05, 0.1) is 12.7 Å². The maximum atomic E-state index is 8.65. The number of benzene rings is 1. The zero-order valence-corrected chi connectivity index (χ0v) is 12.8. The molecule has 1 unspecified atom stereocenters. The standard InChI is InChI=1S/C14H21ClN4O2/c1-19-4-5-21-12(9-19)8-17-7-11-3-2-10(6-13(11)15)14(16)18-20/h2-3,6,12,17,20H,4-5,7-9H2,1H3,(H2,16,18). The van der Waals surface area contributed by atoms with Crippen LogP contribution in [0.1, 0.15) is 11.1 Å². The fraction of sp³-hybridized carbons (Fsp3) is 0.500. The van der Waals surface area contributed by atoms with Gasteiger partial charge < -0.3 is 25.9 Å². The number of rotatable bonds is 5. The highest BCUT2D eigenvalue weighted by Gasteiger charge is 2.17. The van der Waals surface area contributed by atoms with E-state index < -0.39 is 0 Å². The van der Waals surface area contributed by atoms with E-state index in [2.05, 4.69) is 22.4 Å². The van der Waals surface area contributed by atoms with Crippen molar-refractivity contribution in [1.29, 1.82) is 0 Å². The summed E-state index contributed by atoms with van der Waals surface area (Å²) >= 11 is 6.20. The normalized spacial score (nSPS) is 20.7. The summed E-state index contributed by atoms with van der Waals surface area (Å²) in [5.74, 6) is 0.0510. The molecule has 116 valence electrons. The number of hydrogen-bond acceptors (Lipinski definition) is 5. The second-order valence-electron chi connectivity index (χ2n) is 5.18. The Morgan fingerprint density at radius 1 is 1.62 bits per heavy atom. The Bertz CT molecular complexity index is 510. The molecule has 1 aliphatic rings. The molecule has 6 nitrogen and oxygen atoms in total. The van der Waals surface area contributed by atoms with Crippen LogP contribution in [0.2, 0.25) is 5.02 Å². The fourth-order valence-corrected chi connectivity index (χ4v) is 2.51. The SMILES string of the molecule is CN1CCOC(CNCc2ccc(/C(N)=N/O)cc2Cl)C1. The molecule has 2 rings (SSSR count). The van der Waals surface area contributed by atoms with Gasteiger partial charge in [-0.05, 0) is 18.7 Å². The van der Waals surface area contributed by atoms with Crippen LogP contribution in [0.25, 0.3) is 0 Å². The number of halogens is 1. The Morgan fingerprint density at radius 3 is 3.10 bits per heavy atom. The van der Waals surface area contributed by atoms with Crippen molar-refractivity contribution in [3.63, 3.8) is 0 Å². The second kappa shape index (κ2) is 7.61. The largest absolute Gasteiger partial charge is 0.409 e. The first-order valence-corrected chi connectivity index (χ1v) is 7.25. The lowest BCUT2D eigenvalue weighted by Crippen LogP contribution is -2.44. The number of hydrogen-bond donors (Lipinski definition) is 3. The van der Waals surface area contributed by atoms with E-state index in [0.29, 0.717) is 17.1 Å². The van der Waals surface area contributed by atoms with Crippen LogP contribution in [-0.2, 0) is 11.3 Å². The Morgan fingerprint density at radius 2 is 2.43 bits per heavy atom. The molecule has 1 heterocycles. The molecular formula is C14H21ClN4O2. The van der Waals surface area contributed by atoms with Gasteiger partial charge in [-0.15, -0.1) is 0 Å². The summed E-state index contributed by atoms with van der Waals surface area (Å²) in [5.41, 5.74) is 7.10. The molecule has 0 aliphatic carbocycles. The van der Waals surface area contributed by atoms with Crippen molar-refractivity contribution in [2.45, 2.75) is 12.6 Å². The highest BCUT2D eigenvalue weighted by atomic mass is 35.5. The molecular weight excluding hydrogens is 292 g/mol. The summed E-state index contributed by atoms with van der Waals surface area (Å²) in [7, 11) is 2.10. The summed E-state index contributed by atoms with van der Waals surface area (Å²) in [6.07, 6.45) is 0.207. The molecule has 1 aromatic carbocycles. The Kier molecular flexibility index (Phi) is 5.81. The first-order chi connectivity index (χ1) is 10.1. The van der Waals surface area contributed by atoms with Crippen LogP contribution in [0.5, 0.6) is 0 Å². The van der Waals surface area contributed by atoms with Crippen LogP contribution in [-0.4, -0.2) is 55.3 Å². The van der Waals surface area contributed by atoms with Crippen molar-refractivity contribution in [3.05, 3.63) is 34.3 Å². The lowest BCUT2D eigenvalue weighted by molar-refractivity contribution is -0.0182. The lowest BCUT2D eigenvalue weighted by Gasteiger charge is -2.30. The highest BCUT2D eigenvalue weighted by molar-refractivity contribution is 6.31. The van der Waals surface area contributed by atoms with Crippen molar-refractivity contribution in [1.82, 2.24) is 10.2 Å². The summed E-state index contributed by atoms with van der Waals surface area (Å²) < 4.78 is 5.68. The number of nitrogens with two attached hydrogens (primary N) is 1. The van der Waals surface area contributed by atoms with Gasteiger partial charge in [-0.2, -0.15) is 0 Å². The zero-order chi connectivity index (χ0) is 15.2. The molecule has 0 saturated carbocycles.